The molecule has 2 atom stereocenters. The van der Waals surface area contributed by atoms with Crippen molar-refractivity contribution in [3.8, 4) is 0 Å². The van der Waals surface area contributed by atoms with Crippen molar-refractivity contribution in [2.45, 2.75) is 51.9 Å². The molecule has 0 spiro atoms. The first-order valence-corrected chi connectivity index (χ1v) is 9.05. The minimum absolute atomic E-state index is 0.143. The van der Waals surface area contributed by atoms with Crippen LogP contribution in [0.2, 0.25) is 0 Å². The van der Waals surface area contributed by atoms with Gasteiger partial charge in [0.2, 0.25) is 6.10 Å². The molecule has 2 unspecified atom stereocenters. The quantitative estimate of drug-likeness (QED) is 0.538. The molecule has 0 aromatic heterocycles. The van der Waals surface area contributed by atoms with Crippen LogP contribution in [0.1, 0.15) is 33.3 Å². The van der Waals surface area contributed by atoms with Crippen molar-refractivity contribution < 1.29 is 28.6 Å². The summed E-state index contributed by atoms with van der Waals surface area (Å²) >= 11 is 3.35. The lowest BCUT2D eigenvalue weighted by atomic mass is 10.0. The number of esters is 1. The second-order valence-electron chi connectivity index (χ2n) is 6.80. The van der Waals surface area contributed by atoms with Crippen LogP contribution >= 0.6 is 15.9 Å². The smallest absolute Gasteiger partial charge is 0.420 e. The van der Waals surface area contributed by atoms with Crippen molar-refractivity contribution in [2.75, 3.05) is 6.61 Å². The van der Waals surface area contributed by atoms with Crippen LogP contribution in [0.4, 0.5) is 9.59 Å². The molecule has 0 radical (unpaired) electrons. The van der Waals surface area contributed by atoms with Gasteiger partial charge in [-0.2, -0.15) is 0 Å². The predicted molar refractivity (Wildman–Crippen MR) is 96.6 cm³/mol. The van der Waals surface area contributed by atoms with Gasteiger partial charge in [0.05, 0.1) is 12.6 Å². The van der Waals surface area contributed by atoms with Crippen molar-refractivity contribution in [3.63, 3.8) is 0 Å². The highest BCUT2D eigenvalue weighted by molar-refractivity contribution is 9.10. The van der Waals surface area contributed by atoms with Gasteiger partial charge in [-0.3, -0.25) is 0 Å². The van der Waals surface area contributed by atoms with Crippen LogP contribution in [-0.4, -0.2) is 47.4 Å². The summed E-state index contributed by atoms with van der Waals surface area (Å²) in [5.74, 6) is -0.686. The van der Waals surface area contributed by atoms with Gasteiger partial charge < -0.3 is 14.2 Å². The van der Waals surface area contributed by atoms with E-state index >= 15 is 0 Å². The summed E-state index contributed by atoms with van der Waals surface area (Å²) in [7, 11) is 0. The van der Waals surface area contributed by atoms with E-state index in [1.54, 1.807) is 27.7 Å². The molecule has 0 N–H and O–H groups in total. The molecule has 0 bridgehead atoms. The molecule has 0 aliphatic carbocycles. The van der Waals surface area contributed by atoms with E-state index in [0.717, 1.165) is 14.9 Å². The van der Waals surface area contributed by atoms with E-state index in [2.05, 4.69) is 15.9 Å². The molecule has 1 aromatic carbocycles. The SMILES string of the molecule is CCOC(=O)C1OC(=O)N(C(=O)OC(C)(C)C)C1Cc1ccc(Br)cc1. The van der Waals surface area contributed by atoms with Gasteiger partial charge in [-0.1, -0.05) is 28.1 Å². The number of amides is 2. The molecule has 1 saturated heterocycles. The number of cyclic esters (lactones) is 1. The summed E-state index contributed by atoms with van der Waals surface area (Å²) < 4.78 is 16.3. The maximum absolute atomic E-state index is 12.5. The van der Waals surface area contributed by atoms with Crippen molar-refractivity contribution in [1.29, 1.82) is 0 Å². The third-order valence-electron chi connectivity index (χ3n) is 3.57. The molecule has 1 aromatic rings. The van der Waals surface area contributed by atoms with Gasteiger partial charge in [0, 0.05) is 4.47 Å². The summed E-state index contributed by atoms with van der Waals surface area (Å²) in [5.41, 5.74) is 0.0426. The number of benzene rings is 1. The fraction of sp³-hybridized carbons (Fsp3) is 0.500. The molecule has 1 aliphatic heterocycles. The molecule has 8 heteroatoms. The number of carbonyl (C=O) groups is 3. The summed E-state index contributed by atoms with van der Waals surface area (Å²) in [6, 6.07) is 6.50. The van der Waals surface area contributed by atoms with Crippen molar-refractivity contribution >= 4 is 34.1 Å². The number of rotatable bonds is 4. The normalized spacial score (nSPS) is 19.9. The lowest BCUT2D eigenvalue weighted by Crippen LogP contribution is -2.47. The molecule has 2 amide bonds. The van der Waals surface area contributed by atoms with Gasteiger partial charge in [0.1, 0.15) is 5.60 Å². The molecule has 0 saturated carbocycles. The van der Waals surface area contributed by atoms with E-state index < -0.39 is 35.9 Å². The van der Waals surface area contributed by atoms with E-state index in [4.69, 9.17) is 14.2 Å². The molecule has 7 nitrogen and oxygen atoms in total. The Morgan fingerprint density at radius 1 is 1.23 bits per heavy atom. The van der Waals surface area contributed by atoms with Crippen LogP contribution < -0.4 is 0 Å². The minimum Gasteiger partial charge on any atom is -0.463 e. The highest BCUT2D eigenvalue weighted by Crippen LogP contribution is 2.27. The maximum atomic E-state index is 12.5. The zero-order valence-electron chi connectivity index (χ0n) is 15.2. The van der Waals surface area contributed by atoms with E-state index in [9.17, 15) is 14.4 Å². The highest BCUT2D eigenvalue weighted by Gasteiger charge is 2.51. The monoisotopic (exact) mass is 427 g/mol. The maximum Gasteiger partial charge on any atom is 0.420 e. The zero-order chi connectivity index (χ0) is 19.5. The molecular weight excluding hydrogens is 406 g/mol. The van der Waals surface area contributed by atoms with Crippen molar-refractivity contribution in [1.82, 2.24) is 4.90 Å². The van der Waals surface area contributed by atoms with Gasteiger partial charge in [-0.05, 0) is 51.8 Å². The number of imide groups is 1. The Kier molecular flexibility index (Phi) is 6.28. The number of hydrogen-bond donors (Lipinski definition) is 0. The molecule has 142 valence electrons. The third kappa shape index (κ3) is 4.97. The molecule has 1 fully saturated rings. The zero-order valence-corrected chi connectivity index (χ0v) is 16.7. The number of halogens is 1. The largest absolute Gasteiger partial charge is 0.463 e. The molecule has 1 heterocycles. The number of ether oxygens (including phenoxy) is 3. The fourth-order valence-corrected chi connectivity index (χ4v) is 2.79. The van der Waals surface area contributed by atoms with Gasteiger partial charge in [-0.25, -0.2) is 19.3 Å². The van der Waals surface area contributed by atoms with Gasteiger partial charge >= 0.3 is 18.2 Å². The van der Waals surface area contributed by atoms with Gasteiger partial charge in [0.25, 0.3) is 0 Å². The minimum atomic E-state index is -1.20. The van der Waals surface area contributed by atoms with E-state index in [1.807, 2.05) is 24.3 Å². The molecule has 26 heavy (non-hydrogen) atoms. The van der Waals surface area contributed by atoms with E-state index in [1.165, 1.54) is 0 Å². The van der Waals surface area contributed by atoms with Crippen LogP contribution in [0.5, 0.6) is 0 Å². The number of nitrogens with zero attached hydrogens (tertiary/aromatic N) is 1. The van der Waals surface area contributed by atoms with E-state index in [0.29, 0.717) is 0 Å². The van der Waals surface area contributed by atoms with Gasteiger partial charge in [-0.15, -0.1) is 0 Å². The Morgan fingerprint density at radius 2 is 1.85 bits per heavy atom. The van der Waals surface area contributed by atoms with E-state index in [-0.39, 0.29) is 13.0 Å². The summed E-state index contributed by atoms with van der Waals surface area (Å²) in [6.07, 6.45) is -2.73. The highest BCUT2D eigenvalue weighted by atomic mass is 79.9. The second kappa shape index (κ2) is 8.07. The molecule has 1 aliphatic rings. The summed E-state index contributed by atoms with van der Waals surface area (Å²) in [5, 5.41) is 0. The Bertz CT molecular complexity index is 682. The number of carbonyl (C=O) groups excluding carboxylic acids is 3. The van der Waals surface area contributed by atoms with Gasteiger partial charge in [0.15, 0.2) is 0 Å². The standard InChI is InChI=1S/C18H22BrNO6/c1-5-24-15(21)14-13(10-11-6-8-12(19)9-7-11)20(16(22)25-14)17(23)26-18(2,3)4/h6-9,13-14H,5,10H2,1-4H3. The third-order valence-corrected chi connectivity index (χ3v) is 4.10. The average Bonchev–Trinajstić information content (AvgIpc) is 2.84. The van der Waals surface area contributed by atoms with Crippen LogP contribution in [-0.2, 0) is 25.4 Å². The number of hydrogen-bond acceptors (Lipinski definition) is 6. The van der Waals surface area contributed by atoms with Crippen molar-refractivity contribution in [2.24, 2.45) is 0 Å². The fourth-order valence-electron chi connectivity index (χ4n) is 2.53. The van der Waals surface area contributed by atoms with Crippen LogP contribution in [0.25, 0.3) is 0 Å². The van der Waals surface area contributed by atoms with Crippen molar-refractivity contribution in [3.05, 3.63) is 34.3 Å². The first-order chi connectivity index (χ1) is 12.1. The predicted octanol–water partition coefficient (Wildman–Crippen LogP) is 3.68. The van der Waals surface area contributed by atoms with Crippen LogP contribution in [0.15, 0.2) is 28.7 Å². The Morgan fingerprint density at radius 3 is 2.38 bits per heavy atom. The topological polar surface area (TPSA) is 82.1 Å². The first kappa shape index (κ1) is 20.2. The van der Waals surface area contributed by atoms with Crippen LogP contribution in [0, 0.1) is 0 Å². The molecule has 2 rings (SSSR count). The summed E-state index contributed by atoms with van der Waals surface area (Å²) in [6.45, 7) is 6.88. The Labute approximate surface area is 160 Å². The first-order valence-electron chi connectivity index (χ1n) is 8.26. The molecular formula is C18H22BrNO6. The average molecular weight is 428 g/mol. The Balaban J connectivity index is 2.30. The Hall–Kier alpha value is -2.09. The summed E-state index contributed by atoms with van der Waals surface area (Å²) in [4.78, 5) is 37.8. The second-order valence-corrected chi connectivity index (χ2v) is 7.72. The lowest BCUT2D eigenvalue weighted by Gasteiger charge is -2.26. The van der Waals surface area contributed by atoms with Crippen LogP contribution in [0.3, 0.4) is 0 Å². The lowest BCUT2D eigenvalue weighted by molar-refractivity contribution is -0.152.